The van der Waals surface area contributed by atoms with Crippen molar-refractivity contribution in [3.8, 4) is 0 Å². The van der Waals surface area contributed by atoms with Crippen LogP contribution in [0, 0.1) is 0 Å². The third-order valence-electron chi connectivity index (χ3n) is 2.94. The molecule has 110 valence electrons. The minimum atomic E-state index is -3.04. The molecule has 1 saturated heterocycles. The van der Waals surface area contributed by atoms with Gasteiger partial charge >= 0.3 is 0 Å². The van der Waals surface area contributed by atoms with E-state index in [0.717, 1.165) is 4.47 Å². The summed E-state index contributed by atoms with van der Waals surface area (Å²) < 4.78 is 23.7. The number of sulfone groups is 1. The number of benzene rings is 1. The van der Waals surface area contributed by atoms with Crippen LogP contribution in [0.4, 0.5) is 5.69 Å². The van der Waals surface area contributed by atoms with Crippen LogP contribution in [0.25, 0.3) is 0 Å². The largest absolute Gasteiger partial charge is 0.325 e. The van der Waals surface area contributed by atoms with Gasteiger partial charge in [0.25, 0.3) is 0 Å². The average Bonchev–Trinajstić information content (AvgIpc) is 2.32. The van der Waals surface area contributed by atoms with Crippen molar-refractivity contribution >= 4 is 49.0 Å². The van der Waals surface area contributed by atoms with Crippen LogP contribution in [-0.2, 0) is 14.6 Å². The van der Waals surface area contributed by atoms with Gasteiger partial charge in [-0.25, -0.2) is 8.42 Å². The molecule has 1 amide bonds. The molecule has 2 rings (SSSR count). The standard InChI is InChI=1S/C12H14BrClN2O3S/c13-10-2-1-8(14)5-11(10)16-12(17)6-9-7-20(18,19)4-3-15-9/h1-2,5,9,15H,3-4,6-7H2,(H,16,17). The summed E-state index contributed by atoms with van der Waals surface area (Å²) in [6.45, 7) is 0.390. The molecule has 1 heterocycles. The molecule has 0 spiro atoms. The summed E-state index contributed by atoms with van der Waals surface area (Å²) in [6.07, 6.45) is 0.109. The van der Waals surface area contributed by atoms with Crippen molar-refractivity contribution in [3.05, 3.63) is 27.7 Å². The highest BCUT2D eigenvalue weighted by Gasteiger charge is 2.26. The highest BCUT2D eigenvalue weighted by Crippen LogP contribution is 2.26. The molecule has 0 aromatic heterocycles. The Kier molecular flexibility index (Phi) is 5.06. The predicted molar refractivity (Wildman–Crippen MR) is 82.8 cm³/mol. The maximum atomic E-state index is 11.9. The van der Waals surface area contributed by atoms with E-state index in [1.165, 1.54) is 0 Å². The smallest absolute Gasteiger partial charge is 0.226 e. The fourth-order valence-corrected chi connectivity index (χ4v) is 3.98. The van der Waals surface area contributed by atoms with Crippen LogP contribution in [0.5, 0.6) is 0 Å². The number of hydrogen-bond acceptors (Lipinski definition) is 4. The maximum Gasteiger partial charge on any atom is 0.226 e. The van der Waals surface area contributed by atoms with Crippen molar-refractivity contribution in [1.82, 2.24) is 5.32 Å². The van der Waals surface area contributed by atoms with Crippen molar-refractivity contribution in [1.29, 1.82) is 0 Å². The molecule has 8 heteroatoms. The third kappa shape index (κ3) is 4.44. The van der Waals surface area contributed by atoms with Crippen LogP contribution in [0.15, 0.2) is 22.7 Å². The molecular formula is C12H14BrClN2O3S. The molecule has 1 aromatic carbocycles. The molecule has 1 atom stereocenters. The molecule has 1 unspecified atom stereocenters. The molecule has 1 fully saturated rings. The minimum Gasteiger partial charge on any atom is -0.325 e. The molecule has 0 radical (unpaired) electrons. The van der Waals surface area contributed by atoms with Crippen molar-refractivity contribution in [2.45, 2.75) is 12.5 Å². The first-order valence-electron chi connectivity index (χ1n) is 6.04. The molecule has 0 bridgehead atoms. The van der Waals surface area contributed by atoms with Gasteiger partial charge in [-0.05, 0) is 34.1 Å². The summed E-state index contributed by atoms with van der Waals surface area (Å²) in [5, 5.41) is 6.28. The zero-order chi connectivity index (χ0) is 14.8. The zero-order valence-electron chi connectivity index (χ0n) is 10.5. The first kappa shape index (κ1) is 15.8. The summed E-state index contributed by atoms with van der Waals surface area (Å²) >= 11 is 9.18. The van der Waals surface area contributed by atoms with E-state index < -0.39 is 9.84 Å². The second kappa shape index (κ2) is 6.43. The number of nitrogens with one attached hydrogen (secondary N) is 2. The number of anilines is 1. The summed E-state index contributed by atoms with van der Waals surface area (Å²) in [6, 6.07) is 4.73. The van der Waals surface area contributed by atoms with E-state index in [4.69, 9.17) is 11.6 Å². The van der Waals surface area contributed by atoms with E-state index in [1.54, 1.807) is 18.2 Å². The number of carbonyl (C=O) groups is 1. The molecule has 1 aliphatic heterocycles. The number of hydrogen-bond donors (Lipinski definition) is 2. The molecule has 1 aromatic rings. The highest BCUT2D eigenvalue weighted by molar-refractivity contribution is 9.10. The molecule has 1 aliphatic rings. The van der Waals surface area contributed by atoms with Crippen LogP contribution >= 0.6 is 27.5 Å². The van der Waals surface area contributed by atoms with Gasteiger partial charge in [-0.2, -0.15) is 0 Å². The first-order chi connectivity index (χ1) is 9.35. The Labute approximate surface area is 131 Å². The van der Waals surface area contributed by atoms with Gasteiger partial charge in [0, 0.05) is 28.5 Å². The second-order valence-electron chi connectivity index (χ2n) is 4.64. The summed E-state index contributed by atoms with van der Waals surface area (Å²) in [5.74, 6) is -0.121. The van der Waals surface area contributed by atoms with Crippen LogP contribution < -0.4 is 10.6 Å². The number of halogens is 2. The quantitative estimate of drug-likeness (QED) is 0.837. The number of rotatable bonds is 3. The molecular weight excluding hydrogens is 368 g/mol. The predicted octanol–water partition coefficient (Wildman–Crippen LogP) is 1.82. The third-order valence-corrected chi connectivity index (χ3v) is 5.60. The SMILES string of the molecule is O=C(CC1CS(=O)(=O)CCN1)Nc1cc(Cl)ccc1Br. The van der Waals surface area contributed by atoms with Gasteiger partial charge in [-0.1, -0.05) is 11.6 Å². The Hall–Kier alpha value is -0.630. The van der Waals surface area contributed by atoms with Gasteiger partial charge in [0.1, 0.15) is 0 Å². The van der Waals surface area contributed by atoms with Crippen molar-refractivity contribution < 1.29 is 13.2 Å². The number of carbonyl (C=O) groups excluding carboxylic acids is 1. The van der Waals surface area contributed by atoms with Gasteiger partial charge in [-0.15, -0.1) is 0 Å². The van der Waals surface area contributed by atoms with E-state index in [1.807, 2.05) is 0 Å². The molecule has 0 saturated carbocycles. The summed E-state index contributed by atoms with van der Waals surface area (Å²) in [7, 11) is -3.04. The second-order valence-corrected chi connectivity index (χ2v) is 8.16. The molecule has 2 N–H and O–H groups in total. The lowest BCUT2D eigenvalue weighted by Gasteiger charge is -2.23. The van der Waals surface area contributed by atoms with Crippen molar-refractivity contribution in [2.24, 2.45) is 0 Å². The topological polar surface area (TPSA) is 75.3 Å². The molecule has 5 nitrogen and oxygen atoms in total. The fourth-order valence-electron chi connectivity index (χ4n) is 2.02. The lowest BCUT2D eigenvalue weighted by Crippen LogP contribution is -2.46. The summed E-state index contributed by atoms with van der Waals surface area (Å²) in [5.41, 5.74) is 0.571. The lowest BCUT2D eigenvalue weighted by atomic mass is 10.2. The number of amides is 1. The summed E-state index contributed by atoms with van der Waals surface area (Å²) in [4.78, 5) is 11.9. The Bertz CT molecular complexity index is 621. The van der Waals surface area contributed by atoms with E-state index in [9.17, 15) is 13.2 Å². The van der Waals surface area contributed by atoms with Gasteiger partial charge in [0.05, 0.1) is 17.2 Å². The maximum absolute atomic E-state index is 11.9. The van der Waals surface area contributed by atoms with Gasteiger partial charge in [0.2, 0.25) is 5.91 Å². The van der Waals surface area contributed by atoms with Crippen molar-refractivity contribution in [3.63, 3.8) is 0 Å². The normalized spacial score (nSPS) is 21.4. The minimum absolute atomic E-state index is 0.00284. The molecule has 20 heavy (non-hydrogen) atoms. The van der Waals surface area contributed by atoms with Crippen LogP contribution in [0.2, 0.25) is 5.02 Å². The highest BCUT2D eigenvalue weighted by atomic mass is 79.9. The first-order valence-corrected chi connectivity index (χ1v) is 9.04. The van der Waals surface area contributed by atoms with Crippen LogP contribution in [0.1, 0.15) is 6.42 Å². The Morgan fingerprint density at radius 2 is 2.25 bits per heavy atom. The monoisotopic (exact) mass is 380 g/mol. The van der Waals surface area contributed by atoms with Crippen LogP contribution in [-0.4, -0.2) is 38.4 Å². The Morgan fingerprint density at radius 1 is 1.50 bits per heavy atom. The average molecular weight is 382 g/mol. The Morgan fingerprint density at radius 3 is 2.95 bits per heavy atom. The van der Waals surface area contributed by atoms with E-state index in [-0.39, 0.29) is 29.9 Å². The van der Waals surface area contributed by atoms with Gasteiger partial charge in [-0.3, -0.25) is 4.79 Å². The Balaban J connectivity index is 1.97. The van der Waals surface area contributed by atoms with Crippen LogP contribution in [0.3, 0.4) is 0 Å². The van der Waals surface area contributed by atoms with E-state index >= 15 is 0 Å². The van der Waals surface area contributed by atoms with Crippen molar-refractivity contribution in [2.75, 3.05) is 23.4 Å². The van der Waals surface area contributed by atoms with Gasteiger partial charge in [0.15, 0.2) is 9.84 Å². The van der Waals surface area contributed by atoms with Gasteiger partial charge < -0.3 is 10.6 Å². The fraction of sp³-hybridized carbons (Fsp3) is 0.417. The van der Waals surface area contributed by atoms with E-state index in [0.29, 0.717) is 17.3 Å². The molecule has 0 aliphatic carbocycles. The lowest BCUT2D eigenvalue weighted by molar-refractivity contribution is -0.116. The zero-order valence-corrected chi connectivity index (χ0v) is 13.7. The van der Waals surface area contributed by atoms with E-state index in [2.05, 4.69) is 26.6 Å².